The van der Waals surface area contributed by atoms with Crippen molar-refractivity contribution in [3.63, 3.8) is 0 Å². The molecule has 0 aliphatic rings. The zero-order valence-electron chi connectivity index (χ0n) is 13.9. The van der Waals surface area contributed by atoms with Gasteiger partial charge in [-0.1, -0.05) is 6.92 Å². The van der Waals surface area contributed by atoms with E-state index in [1.165, 1.54) is 3.58 Å². The molecule has 6 heteroatoms. The van der Waals surface area contributed by atoms with Crippen molar-refractivity contribution in [3.8, 4) is 0 Å². The molecule has 1 heterocycles. The van der Waals surface area contributed by atoms with Crippen LogP contribution in [0.4, 0.5) is 0 Å². The third kappa shape index (κ3) is 8.92. The Balaban J connectivity index is 2.06. The molecule has 2 N–H and O–H groups in total. The molecule has 1 unspecified atom stereocenters. The Hall–Kier alpha value is -1.12. The molecule has 1 aromatic heterocycles. The second-order valence-corrected chi connectivity index (χ2v) is 8.48. The molecule has 1 atom stereocenters. The summed E-state index contributed by atoms with van der Waals surface area (Å²) in [6.07, 6.45) is 3.08. The van der Waals surface area contributed by atoms with E-state index in [9.17, 15) is 14.4 Å². The monoisotopic (exact) mass is 436 g/mol. The number of ketones is 1. The molecular weight excluding hydrogens is 408 g/mol. The second-order valence-electron chi connectivity index (χ2n) is 5.53. The molecule has 0 aliphatic heterocycles. The summed E-state index contributed by atoms with van der Waals surface area (Å²) in [5, 5.41) is 5.59. The van der Waals surface area contributed by atoms with Gasteiger partial charge in [0.25, 0.3) is 0 Å². The van der Waals surface area contributed by atoms with Crippen LogP contribution in [0.3, 0.4) is 0 Å². The fourth-order valence-corrected chi connectivity index (χ4v) is 4.30. The zero-order valence-corrected chi connectivity index (χ0v) is 16.2. The molecule has 0 radical (unpaired) electrons. The minimum absolute atomic E-state index is 0.0249. The summed E-state index contributed by atoms with van der Waals surface area (Å²) in [6.45, 7) is 4.41. The Labute approximate surface area is 147 Å². The quantitative estimate of drug-likeness (QED) is 0.408. The Morgan fingerprint density at radius 2 is 1.78 bits per heavy atom. The van der Waals surface area contributed by atoms with Crippen LogP contribution in [0.5, 0.6) is 0 Å². The SMILES string of the molecule is CCC(CCC(=O)NCCNC(=O)CCc1ccc[te]1)C(C)=O. The third-order valence-corrected chi connectivity index (χ3v) is 6.41. The van der Waals surface area contributed by atoms with Gasteiger partial charge in [-0.3, -0.25) is 4.79 Å². The van der Waals surface area contributed by atoms with E-state index in [1.807, 2.05) is 6.92 Å². The van der Waals surface area contributed by atoms with Crippen LogP contribution in [0.15, 0.2) is 16.2 Å². The van der Waals surface area contributed by atoms with Crippen LogP contribution in [0, 0.1) is 5.92 Å². The number of carbonyl (C=O) groups excluding carboxylic acids is 3. The van der Waals surface area contributed by atoms with Crippen molar-refractivity contribution in [1.82, 2.24) is 10.6 Å². The number of amides is 2. The molecule has 0 fully saturated rings. The Morgan fingerprint density at radius 1 is 1.13 bits per heavy atom. The molecule has 0 spiro atoms. The Bertz CT molecular complexity index is 500. The van der Waals surface area contributed by atoms with Crippen LogP contribution in [0.2, 0.25) is 0 Å². The third-order valence-electron chi connectivity index (χ3n) is 3.74. The number of aryl methyl sites for hydroxylation is 1. The van der Waals surface area contributed by atoms with Gasteiger partial charge in [-0.25, -0.2) is 0 Å². The molecule has 0 aromatic carbocycles. The van der Waals surface area contributed by atoms with Crippen LogP contribution in [0.1, 0.15) is 43.1 Å². The molecule has 0 saturated heterocycles. The van der Waals surface area contributed by atoms with Gasteiger partial charge < -0.3 is 0 Å². The van der Waals surface area contributed by atoms with Gasteiger partial charge in [0.1, 0.15) is 5.78 Å². The van der Waals surface area contributed by atoms with Gasteiger partial charge in [0.2, 0.25) is 0 Å². The van der Waals surface area contributed by atoms with E-state index in [0.717, 1.165) is 12.8 Å². The van der Waals surface area contributed by atoms with Crippen LogP contribution < -0.4 is 10.6 Å². The largest absolute Gasteiger partial charge is 0.300 e. The van der Waals surface area contributed by atoms with E-state index in [4.69, 9.17) is 0 Å². The summed E-state index contributed by atoms with van der Waals surface area (Å²) in [6, 6.07) is 4.18. The van der Waals surface area contributed by atoms with Crippen molar-refractivity contribution in [2.24, 2.45) is 5.92 Å². The number of rotatable bonds is 11. The van der Waals surface area contributed by atoms with Crippen molar-refractivity contribution in [3.05, 3.63) is 19.8 Å². The summed E-state index contributed by atoms with van der Waals surface area (Å²) < 4.78 is 3.62. The fraction of sp³-hybridized carbons (Fsp3) is 0.588. The standard InChI is InChI=1S/C17H26N2O3Te/c1-3-14(13(2)20)6-8-16(21)18-10-11-19-17(22)9-7-15-5-4-12-23-15/h4-5,12,14H,3,6-11H2,1-2H3,(H,18,21)(H,19,22). The molecule has 1 aromatic rings. The first-order valence-corrected chi connectivity index (χ1v) is 10.6. The minimum Gasteiger partial charge on any atom is -0.300 e. The van der Waals surface area contributed by atoms with Gasteiger partial charge in [0.15, 0.2) is 0 Å². The van der Waals surface area contributed by atoms with Crippen molar-refractivity contribution < 1.29 is 14.4 Å². The molecule has 0 bridgehead atoms. The summed E-state index contributed by atoms with van der Waals surface area (Å²) in [4.78, 5) is 34.7. The first kappa shape index (κ1) is 19.9. The first-order chi connectivity index (χ1) is 11.0. The number of Topliss-reactive ketones (excluding diaryl/α,β-unsaturated/α-hetero) is 1. The average molecular weight is 434 g/mol. The van der Waals surface area contributed by atoms with Crippen molar-refractivity contribution in [2.45, 2.75) is 46.0 Å². The van der Waals surface area contributed by atoms with Crippen LogP contribution in [-0.4, -0.2) is 51.1 Å². The van der Waals surface area contributed by atoms with E-state index in [0.29, 0.717) is 32.4 Å². The maximum atomic E-state index is 11.7. The van der Waals surface area contributed by atoms with E-state index in [1.54, 1.807) is 6.92 Å². The number of hydrogen-bond acceptors (Lipinski definition) is 3. The van der Waals surface area contributed by atoms with Gasteiger partial charge in [-0.15, -0.1) is 0 Å². The van der Waals surface area contributed by atoms with Crippen molar-refractivity contribution >= 4 is 38.0 Å². The summed E-state index contributed by atoms with van der Waals surface area (Å²) in [5.41, 5.74) is 0. The zero-order chi connectivity index (χ0) is 17.1. The molecule has 0 saturated carbocycles. The maximum absolute atomic E-state index is 11.7. The molecule has 1 rings (SSSR count). The van der Waals surface area contributed by atoms with E-state index in [-0.39, 0.29) is 43.9 Å². The van der Waals surface area contributed by atoms with Crippen LogP contribution >= 0.6 is 0 Å². The maximum Gasteiger partial charge on any atom is 0.132 e. The topological polar surface area (TPSA) is 75.3 Å². The summed E-state index contributed by atoms with van der Waals surface area (Å²) in [7, 11) is 0. The second kappa shape index (κ2) is 11.4. The van der Waals surface area contributed by atoms with Gasteiger partial charge in [0, 0.05) is 0 Å². The van der Waals surface area contributed by atoms with Gasteiger partial charge in [-0.05, 0) is 13.3 Å². The first-order valence-electron chi connectivity index (χ1n) is 8.09. The van der Waals surface area contributed by atoms with E-state index >= 15 is 0 Å². The number of nitrogens with one attached hydrogen (secondary N) is 2. The van der Waals surface area contributed by atoms with E-state index in [2.05, 4.69) is 26.8 Å². The van der Waals surface area contributed by atoms with Crippen molar-refractivity contribution in [1.29, 1.82) is 0 Å². The van der Waals surface area contributed by atoms with Gasteiger partial charge in [-0.2, -0.15) is 0 Å². The minimum atomic E-state index is -0.147. The molecular formula is C17H26N2O3Te. The molecule has 128 valence electrons. The predicted molar refractivity (Wildman–Crippen MR) is 91.4 cm³/mol. The molecule has 2 amide bonds. The van der Waals surface area contributed by atoms with Crippen LogP contribution in [0.25, 0.3) is 0 Å². The number of hydrogen-bond donors (Lipinski definition) is 2. The summed E-state index contributed by atoms with van der Waals surface area (Å²) in [5.74, 6) is 0.0834. The normalized spacial score (nSPS) is 11.7. The molecule has 5 nitrogen and oxygen atoms in total. The fourth-order valence-electron chi connectivity index (χ4n) is 2.27. The van der Waals surface area contributed by atoms with Crippen LogP contribution in [-0.2, 0) is 20.8 Å². The number of carbonyl (C=O) groups is 3. The Morgan fingerprint density at radius 3 is 2.30 bits per heavy atom. The molecule has 23 heavy (non-hydrogen) atoms. The van der Waals surface area contributed by atoms with Gasteiger partial charge >= 0.3 is 117 Å². The molecule has 0 aliphatic carbocycles. The predicted octanol–water partition coefficient (Wildman–Crippen LogP) is 1.30. The van der Waals surface area contributed by atoms with Crippen molar-refractivity contribution in [2.75, 3.05) is 13.1 Å². The van der Waals surface area contributed by atoms with E-state index < -0.39 is 0 Å². The average Bonchev–Trinajstić information content (AvgIpc) is 3.03. The van der Waals surface area contributed by atoms with Gasteiger partial charge in [0.05, 0.1) is 0 Å². The summed E-state index contributed by atoms with van der Waals surface area (Å²) >= 11 is -0.147. The Kier molecular flexibility index (Phi) is 9.89. The smallest absolute Gasteiger partial charge is 0.132 e.